The first kappa shape index (κ1) is 12.5. The van der Waals surface area contributed by atoms with Gasteiger partial charge >= 0.3 is 0 Å². The lowest BCUT2D eigenvalue weighted by molar-refractivity contribution is 0.641. The van der Waals surface area contributed by atoms with Gasteiger partial charge in [0.05, 0.1) is 11.6 Å². The summed E-state index contributed by atoms with van der Waals surface area (Å²) in [5.74, 6) is 6.99. The molecule has 2 aromatic rings. The number of rotatable bonds is 0. The Hall–Kier alpha value is -2.51. The van der Waals surface area contributed by atoms with Crippen LogP contribution in [0.25, 0.3) is 0 Å². The van der Waals surface area contributed by atoms with Crippen LogP contribution in [0.3, 0.4) is 0 Å². The molecule has 0 aliphatic heterocycles. The van der Waals surface area contributed by atoms with Crippen molar-refractivity contribution in [3.8, 4) is 17.9 Å². The summed E-state index contributed by atoms with van der Waals surface area (Å²) in [5, 5.41) is 8.79. The molecule has 0 saturated heterocycles. The number of benzene rings is 2. The van der Waals surface area contributed by atoms with Crippen molar-refractivity contribution in [1.82, 2.24) is 0 Å². The van der Waals surface area contributed by atoms with Gasteiger partial charge in [0.1, 0.15) is 0 Å². The Bertz CT molecular complexity index is 708. The molecule has 20 heavy (non-hydrogen) atoms. The standard InChI is InChI=1S/C19H15N/c20-14-16-10-8-15(9-11-16)12-13-18-6-3-5-17-4-1-2-7-19(17)18/h1-2,4,7-11,18H,3,5-6H2/t18-/m0/s1. The molecule has 0 radical (unpaired) electrons. The minimum Gasteiger partial charge on any atom is -0.192 e. The fourth-order valence-corrected chi connectivity index (χ4v) is 2.70. The predicted molar refractivity (Wildman–Crippen MR) is 80.2 cm³/mol. The molecule has 1 heteroatoms. The quantitative estimate of drug-likeness (QED) is 0.654. The Labute approximate surface area is 119 Å². The number of aryl methyl sites for hydroxylation is 1. The molecule has 0 spiro atoms. The monoisotopic (exact) mass is 257 g/mol. The van der Waals surface area contributed by atoms with Gasteiger partial charge in [-0.2, -0.15) is 5.26 Å². The second kappa shape index (κ2) is 5.64. The molecule has 96 valence electrons. The third kappa shape index (κ3) is 2.58. The summed E-state index contributed by atoms with van der Waals surface area (Å²) in [6, 6.07) is 18.2. The highest BCUT2D eigenvalue weighted by Crippen LogP contribution is 2.30. The zero-order valence-electron chi connectivity index (χ0n) is 11.3. The highest BCUT2D eigenvalue weighted by molar-refractivity contribution is 5.43. The maximum absolute atomic E-state index is 8.79. The molecule has 0 heterocycles. The number of nitriles is 1. The van der Waals surface area contributed by atoms with Gasteiger partial charge < -0.3 is 0 Å². The van der Waals surface area contributed by atoms with Crippen LogP contribution in [0.1, 0.15) is 41.0 Å². The summed E-state index contributed by atoms with van der Waals surface area (Å²) in [6.45, 7) is 0. The van der Waals surface area contributed by atoms with E-state index < -0.39 is 0 Å². The molecule has 2 aromatic carbocycles. The van der Waals surface area contributed by atoms with E-state index in [1.165, 1.54) is 24.0 Å². The van der Waals surface area contributed by atoms with Gasteiger partial charge in [-0.1, -0.05) is 36.1 Å². The Kier molecular flexibility index (Phi) is 3.53. The van der Waals surface area contributed by atoms with E-state index >= 15 is 0 Å². The number of hydrogen-bond donors (Lipinski definition) is 0. The predicted octanol–water partition coefficient (Wildman–Crippen LogP) is 4.03. The van der Waals surface area contributed by atoms with E-state index in [9.17, 15) is 0 Å². The Morgan fingerprint density at radius 1 is 0.950 bits per heavy atom. The van der Waals surface area contributed by atoms with Gasteiger partial charge in [0.15, 0.2) is 0 Å². The fraction of sp³-hybridized carbons (Fsp3) is 0.211. The number of fused-ring (bicyclic) bond motifs is 1. The summed E-state index contributed by atoms with van der Waals surface area (Å²) in [7, 11) is 0. The lowest BCUT2D eigenvalue weighted by Crippen LogP contribution is -2.07. The minimum absolute atomic E-state index is 0.343. The van der Waals surface area contributed by atoms with Crippen molar-refractivity contribution >= 4 is 0 Å². The number of hydrogen-bond acceptors (Lipinski definition) is 1. The van der Waals surface area contributed by atoms with Crippen molar-refractivity contribution in [3.63, 3.8) is 0 Å². The molecular weight excluding hydrogens is 242 g/mol. The lowest BCUT2D eigenvalue weighted by Gasteiger charge is -2.21. The average Bonchev–Trinajstić information content (AvgIpc) is 2.53. The maximum Gasteiger partial charge on any atom is 0.0991 e. The molecule has 0 saturated carbocycles. The molecule has 0 amide bonds. The van der Waals surface area contributed by atoms with Crippen molar-refractivity contribution in [2.45, 2.75) is 25.2 Å². The molecule has 1 aliphatic carbocycles. The van der Waals surface area contributed by atoms with Crippen molar-refractivity contribution < 1.29 is 0 Å². The van der Waals surface area contributed by atoms with Crippen molar-refractivity contribution in [2.24, 2.45) is 0 Å². The minimum atomic E-state index is 0.343. The van der Waals surface area contributed by atoms with E-state index in [1.54, 1.807) is 0 Å². The van der Waals surface area contributed by atoms with Gasteiger partial charge in [-0.05, 0) is 54.7 Å². The second-order valence-electron chi connectivity index (χ2n) is 5.10. The molecule has 1 nitrogen and oxygen atoms in total. The van der Waals surface area contributed by atoms with E-state index in [0.29, 0.717) is 11.5 Å². The maximum atomic E-state index is 8.79. The van der Waals surface area contributed by atoms with E-state index in [1.807, 2.05) is 24.3 Å². The van der Waals surface area contributed by atoms with E-state index in [4.69, 9.17) is 5.26 Å². The van der Waals surface area contributed by atoms with E-state index in [-0.39, 0.29) is 0 Å². The van der Waals surface area contributed by atoms with Gasteiger partial charge in [-0.15, -0.1) is 0 Å². The van der Waals surface area contributed by atoms with Crippen LogP contribution in [0.5, 0.6) is 0 Å². The topological polar surface area (TPSA) is 23.8 Å². The molecular formula is C19H15N. The largest absolute Gasteiger partial charge is 0.192 e. The van der Waals surface area contributed by atoms with Gasteiger partial charge in [-0.3, -0.25) is 0 Å². The van der Waals surface area contributed by atoms with Crippen molar-refractivity contribution in [1.29, 1.82) is 5.26 Å². The third-order valence-electron chi connectivity index (χ3n) is 3.77. The SMILES string of the molecule is N#Cc1ccc(C#C[C@@H]2CCCc3ccccc32)cc1. The van der Waals surface area contributed by atoms with Crippen LogP contribution in [0.15, 0.2) is 48.5 Å². The van der Waals surface area contributed by atoms with Crippen molar-refractivity contribution in [3.05, 3.63) is 70.8 Å². The molecule has 0 fully saturated rings. The molecule has 0 bridgehead atoms. The Balaban J connectivity index is 1.86. The molecule has 1 aliphatic rings. The number of nitrogens with zero attached hydrogens (tertiary/aromatic N) is 1. The second-order valence-corrected chi connectivity index (χ2v) is 5.10. The average molecular weight is 257 g/mol. The van der Waals surface area contributed by atoms with Gasteiger partial charge in [0.25, 0.3) is 0 Å². The lowest BCUT2D eigenvalue weighted by atomic mass is 9.83. The molecule has 1 atom stereocenters. The first-order valence-corrected chi connectivity index (χ1v) is 6.96. The van der Waals surface area contributed by atoms with Gasteiger partial charge in [0, 0.05) is 11.5 Å². The zero-order chi connectivity index (χ0) is 13.8. The molecule has 0 N–H and O–H groups in total. The Morgan fingerprint density at radius 2 is 1.70 bits per heavy atom. The zero-order valence-corrected chi connectivity index (χ0v) is 11.3. The van der Waals surface area contributed by atoms with Crippen LogP contribution in [-0.2, 0) is 6.42 Å². The first-order chi connectivity index (χ1) is 9.86. The summed E-state index contributed by atoms with van der Waals surface area (Å²) >= 11 is 0. The van der Waals surface area contributed by atoms with Gasteiger partial charge in [-0.25, -0.2) is 0 Å². The van der Waals surface area contributed by atoms with Crippen LogP contribution < -0.4 is 0 Å². The van der Waals surface area contributed by atoms with Crippen molar-refractivity contribution in [2.75, 3.05) is 0 Å². The molecule has 0 unspecified atom stereocenters. The van der Waals surface area contributed by atoms with Crippen LogP contribution >= 0.6 is 0 Å². The van der Waals surface area contributed by atoms with E-state index in [0.717, 1.165) is 12.0 Å². The normalized spacial score (nSPS) is 16.4. The van der Waals surface area contributed by atoms with Crippen LogP contribution in [0.4, 0.5) is 0 Å². The Morgan fingerprint density at radius 3 is 2.50 bits per heavy atom. The van der Waals surface area contributed by atoms with Crippen LogP contribution in [-0.4, -0.2) is 0 Å². The smallest absolute Gasteiger partial charge is 0.0991 e. The van der Waals surface area contributed by atoms with Crippen LogP contribution in [0, 0.1) is 23.2 Å². The summed E-state index contributed by atoms with van der Waals surface area (Å²) in [5.41, 5.74) is 4.49. The first-order valence-electron chi connectivity index (χ1n) is 6.96. The highest BCUT2D eigenvalue weighted by Gasteiger charge is 2.17. The van der Waals surface area contributed by atoms with Gasteiger partial charge in [0.2, 0.25) is 0 Å². The molecule has 0 aromatic heterocycles. The molecule has 3 rings (SSSR count). The third-order valence-corrected chi connectivity index (χ3v) is 3.77. The summed E-state index contributed by atoms with van der Waals surface area (Å²) in [6.07, 6.45) is 3.52. The highest BCUT2D eigenvalue weighted by atomic mass is 14.2. The van der Waals surface area contributed by atoms with Crippen LogP contribution in [0.2, 0.25) is 0 Å². The summed E-state index contributed by atoms with van der Waals surface area (Å²) < 4.78 is 0. The fourth-order valence-electron chi connectivity index (χ4n) is 2.70. The summed E-state index contributed by atoms with van der Waals surface area (Å²) in [4.78, 5) is 0. The van der Waals surface area contributed by atoms with E-state index in [2.05, 4.69) is 42.2 Å².